The van der Waals surface area contributed by atoms with E-state index in [0.29, 0.717) is 66.5 Å². The second-order valence-electron chi connectivity index (χ2n) is 28.9. The van der Waals surface area contributed by atoms with Crippen molar-refractivity contribution in [3.8, 4) is 23.3 Å². The van der Waals surface area contributed by atoms with Crippen LogP contribution in [0.25, 0.3) is 22.1 Å². The molecule has 5 saturated carbocycles. The number of hydrogen-bond acceptors (Lipinski definition) is 16. The van der Waals surface area contributed by atoms with Gasteiger partial charge in [0, 0.05) is 62.1 Å². The molecule has 7 fully saturated rings. The molecule has 2 aromatic carbocycles. The van der Waals surface area contributed by atoms with Crippen LogP contribution in [0, 0.1) is 59.2 Å². The largest absolute Gasteiger partial charge is 0.540 e. The molecule has 2 amide bonds. The van der Waals surface area contributed by atoms with E-state index in [4.69, 9.17) is 28.4 Å². The van der Waals surface area contributed by atoms with Gasteiger partial charge in [0.25, 0.3) is 11.8 Å². The molecule has 6 heterocycles. The van der Waals surface area contributed by atoms with Crippen LogP contribution in [0.2, 0.25) is 0 Å². The first-order chi connectivity index (χ1) is 45.2. The number of nitrogens with zero attached hydrogens (tertiary/aromatic N) is 6. The molecule has 9 aliphatic rings. The van der Waals surface area contributed by atoms with Crippen LogP contribution in [0.15, 0.2) is 36.4 Å². The fourth-order valence-electron chi connectivity index (χ4n) is 17.4. The summed E-state index contributed by atoms with van der Waals surface area (Å²) in [4.78, 5) is 101. The van der Waals surface area contributed by atoms with E-state index in [1.807, 2.05) is 19.5 Å². The maximum Gasteiger partial charge on any atom is 0.307 e. The minimum Gasteiger partial charge on any atom is -0.540 e. The summed E-state index contributed by atoms with van der Waals surface area (Å²) in [7, 11) is 3.01. The van der Waals surface area contributed by atoms with Gasteiger partial charge in [-0.1, -0.05) is 77.3 Å². The van der Waals surface area contributed by atoms with Crippen LogP contribution in [0.5, 0.6) is 23.3 Å². The summed E-state index contributed by atoms with van der Waals surface area (Å²) >= 11 is 0. The van der Waals surface area contributed by atoms with Crippen LogP contribution in [0.1, 0.15) is 193 Å². The molecule has 13 rings (SSSR count). The monoisotopic (exact) mass is 1410 g/mol. The molecule has 0 spiro atoms. The van der Waals surface area contributed by atoms with Gasteiger partial charge in [-0.25, -0.2) is 32.5 Å². The number of aromatic nitrogens is 4. The third-order valence-electron chi connectivity index (χ3n) is 23.0. The van der Waals surface area contributed by atoms with E-state index < -0.39 is 95.6 Å². The minimum atomic E-state index is -3.35. The first-order valence-corrected chi connectivity index (χ1v) is 34.8. The van der Waals surface area contributed by atoms with Crippen LogP contribution in [0.4, 0.5) is 17.6 Å². The average molecular weight is 1410 g/mol. The summed E-state index contributed by atoms with van der Waals surface area (Å²) in [5, 5.41) is 0. The van der Waals surface area contributed by atoms with E-state index in [1.54, 1.807) is 50.2 Å². The molecule has 14 atom stereocenters. The molecule has 4 aromatic rings. The number of benzene rings is 2. The summed E-state index contributed by atoms with van der Waals surface area (Å²) in [5.41, 5.74) is -0.576. The van der Waals surface area contributed by atoms with Crippen molar-refractivity contribution in [1.82, 2.24) is 29.7 Å². The Hall–Kier alpha value is -5.57. The Bertz CT molecular complexity index is 3340. The van der Waals surface area contributed by atoms with E-state index >= 15 is 17.6 Å². The van der Waals surface area contributed by atoms with Gasteiger partial charge in [-0.3, -0.25) is 19.2 Å². The molecule has 0 N–H and O–H groups in total. The molecule has 2 radical (unpaired) electrons. The van der Waals surface area contributed by atoms with Gasteiger partial charge >= 0.3 is 11.9 Å². The van der Waals surface area contributed by atoms with Gasteiger partial charge in [0.1, 0.15) is 35.4 Å². The van der Waals surface area contributed by atoms with Gasteiger partial charge in [-0.15, -0.1) is 0 Å². The van der Waals surface area contributed by atoms with Gasteiger partial charge in [0.2, 0.25) is 23.6 Å². The fraction of sp³-hybridized carbons (Fsp3) is 0.694. The van der Waals surface area contributed by atoms with Crippen molar-refractivity contribution >= 4 is 58.4 Å². The van der Waals surface area contributed by atoms with Crippen molar-refractivity contribution in [1.29, 1.82) is 0 Å². The zero-order chi connectivity index (χ0) is 66.2. The Morgan fingerprint density at radius 2 is 0.969 bits per heavy atom. The van der Waals surface area contributed by atoms with Crippen LogP contribution in [-0.2, 0) is 87.2 Å². The molecule has 520 valence electrons. The van der Waals surface area contributed by atoms with E-state index in [-0.39, 0.29) is 146 Å². The quantitative estimate of drug-likeness (QED) is 0.0996. The standard InChI is InChI=1S/C36H44F2N3O6.C36H46F2N3O6.2V/c1-20-29(19-42)41-18-31(20)47-34-33(39-27-12-11-23(45-2)16-28(27)40-34)36(37,38)13-7-6-10-24-25-14-22(25)15-30(24)46-32(43)17-26(35(41)44)21-8-4-3-5-9-21;1-22-29(21-42)41-20-30(22)46-33-32(39-27-15-14-25(45-3)18-28(27)40-33)36(37,38)17-8-7-12-24-13-9-16-35(24,2)47-31(43)19-26(34(41)44)23-10-5-4-6-11-23;;/h11-12,16,20-22,24-26,29-31H,3-10,13-15,17-18H2,1-2H3;14-15,18,22-24,26,29-30H,4-13,16-17,19-20H2,1-3H3;;/q2*-1;;/t20-,22?,24+,25?,26-,29+,30+,31-;22-,24+,26-,29+,30-,35+;;/m00../s1. The molecule has 2 saturated heterocycles. The first-order valence-electron chi connectivity index (χ1n) is 34.8. The van der Waals surface area contributed by atoms with Crippen LogP contribution in [-0.4, -0.2) is 129 Å². The summed E-state index contributed by atoms with van der Waals surface area (Å²) in [6.07, 6.45) is 17.8. The fourth-order valence-corrected chi connectivity index (χ4v) is 17.4. The second kappa shape index (κ2) is 30.9. The minimum absolute atomic E-state index is 0. The molecule has 18 nitrogen and oxygen atoms in total. The molecular weight excluding hydrogens is 1320 g/mol. The molecular formula is C72H90F4N6O12V2-2. The maximum atomic E-state index is 16.1. The molecule has 24 heteroatoms. The zero-order valence-corrected chi connectivity index (χ0v) is 58.5. The van der Waals surface area contributed by atoms with Crippen LogP contribution in [0.3, 0.4) is 0 Å². The number of hydrogen-bond donors (Lipinski definition) is 0. The summed E-state index contributed by atoms with van der Waals surface area (Å²) in [6, 6.07) is 7.77. The number of rotatable bonds is 6. The smallest absolute Gasteiger partial charge is 0.307 e. The van der Waals surface area contributed by atoms with E-state index in [1.165, 1.54) is 24.0 Å². The van der Waals surface area contributed by atoms with Crippen LogP contribution < -0.4 is 18.9 Å². The van der Waals surface area contributed by atoms with Crippen molar-refractivity contribution in [2.24, 2.45) is 59.2 Å². The predicted octanol–water partition coefficient (Wildman–Crippen LogP) is 12.9. The first kappa shape index (κ1) is 73.2. The number of halogens is 4. The number of fused-ring (bicyclic) bond motifs is 12. The maximum absolute atomic E-state index is 16.1. The Labute approximate surface area is 583 Å². The van der Waals surface area contributed by atoms with Crippen molar-refractivity contribution in [2.75, 3.05) is 27.3 Å². The summed E-state index contributed by atoms with van der Waals surface area (Å²) < 4.78 is 99.9. The number of carbonyl (C=O) groups excluding carboxylic acids is 6. The topological polar surface area (TPSA) is 216 Å². The van der Waals surface area contributed by atoms with Gasteiger partial charge in [0.05, 0.1) is 74.1 Å². The number of amides is 2. The summed E-state index contributed by atoms with van der Waals surface area (Å²) in [6.45, 7) is 5.40. The Kier molecular flexibility index (Phi) is 23.5. The van der Waals surface area contributed by atoms with Crippen molar-refractivity contribution in [2.45, 2.75) is 229 Å². The molecule has 4 aliphatic heterocycles. The SMILES string of the molecule is COc1ccc2nc3c(nc2c1)O[C@H]1CN(C(=O)[C@H](C2CCCCC2)CC(=O)O[C@@H]2CC4CC4[C@H]2CCCCC3(F)F)[C@H]([C-]=O)[C@@H]1C.COc1ccc2nc3c(nc2c1)O[C@H]1CN(C(=O)[C@H](C2CCCCC2)CC(=O)O[C@]2(C)CCC[C@H]2CCCCC3(F)F)[C@H]([C-]=O)[C@@H]1C.[V].[V]. The Morgan fingerprint density at radius 3 is 1.45 bits per heavy atom. The molecule has 5 aliphatic carbocycles. The third kappa shape index (κ3) is 15.6. The van der Waals surface area contributed by atoms with Gasteiger partial charge < -0.3 is 47.8 Å². The van der Waals surface area contributed by atoms with Crippen molar-refractivity contribution in [3.63, 3.8) is 0 Å². The molecule has 4 bridgehead atoms. The van der Waals surface area contributed by atoms with Gasteiger partial charge in [-0.05, 0) is 162 Å². The molecule has 2 unspecified atom stereocenters. The van der Waals surface area contributed by atoms with E-state index in [9.17, 15) is 28.8 Å². The summed E-state index contributed by atoms with van der Waals surface area (Å²) in [5.74, 6) is -9.00. The van der Waals surface area contributed by atoms with Crippen LogP contribution >= 0.6 is 0 Å². The van der Waals surface area contributed by atoms with Gasteiger partial charge in [0.15, 0.2) is 11.4 Å². The van der Waals surface area contributed by atoms with E-state index in [2.05, 4.69) is 19.9 Å². The second-order valence-corrected chi connectivity index (χ2v) is 28.9. The Balaban J connectivity index is 0.000000205. The average Bonchev–Trinajstić information content (AvgIpc) is 1.59. The number of methoxy groups -OCH3 is 2. The zero-order valence-electron chi connectivity index (χ0n) is 55.7. The number of esters is 2. The number of alkyl halides is 4. The van der Waals surface area contributed by atoms with Crippen molar-refractivity contribution < 1.29 is 112 Å². The third-order valence-corrected chi connectivity index (χ3v) is 23.0. The Morgan fingerprint density at radius 1 is 0.510 bits per heavy atom. The van der Waals surface area contributed by atoms with Gasteiger partial charge in [-0.2, -0.15) is 17.6 Å². The molecule has 96 heavy (non-hydrogen) atoms. The number of carbonyl (C=O) groups is 4. The van der Waals surface area contributed by atoms with E-state index in [0.717, 1.165) is 89.9 Å². The molecule has 2 aromatic heterocycles. The number of ether oxygens (including phenoxy) is 6. The predicted molar refractivity (Wildman–Crippen MR) is 337 cm³/mol. The normalized spacial score (nSPS) is 32.9. The van der Waals surface area contributed by atoms with Crippen molar-refractivity contribution in [3.05, 3.63) is 47.8 Å².